The molecule has 1 heterocycles. The van der Waals surface area contributed by atoms with E-state index in [1.165, 1.54) is 12.1 Å². The predicted octanol–water partition coefficient (Wildman–Crippen LogP) is 5.07. The van der Waals surface area contributed by atoms with Gasteiger partial charge in [-0.15, -0.1) is 0 Å². The van der Waals surface area contributed by atoms with Crippen LogP contribution in [0.4, 0.5) is 15.8 Å². The summed E-state index contributed by atoms with van der Waals surface area (Å²) < 4.78 is 19.7. The van der Waals surface area contributed by atoms with Crippen molar-refractivity contribution in [3.05, 3.63) is 89.2 Å². The Morgan fingerprint density at radius 3 is 2.65 bits per heavy atom. The number of benzene rings is 3. The van der Waals surface area contributed by atoms with Gasteiger partial charge in [-0.3, -0.25) is 9.59 Å². The maximum absolute atomic E-state index is 14.1. The molecule has 0 spiro atoms. The number of rotatable bonds is 5. The van der Waals surface area contributed by atoms with E-state index in [9.17, 15) is 14.0 Å². The number of hydrogen-bond donors (Lipinski definition) is 1. The summed E-state index contributed by atoms with van der Waals surface area (Å²) in [6.45, 7) is 2.89. The lowest BCUT2D eigenvalue weighted by Crippen LogP contribution is -2.36. The van der Waals surface area contributed by atoms with E-state index in [0.717, 1.165) is 18.4 Å². The van der Waals surface area contributed by atoms with E-state index in [1.54, 1.807) is 47.4 Å². The van der Waals surface area contributed by atoms with E-state index >= 15 is 0 Å². The van der Waals surface area contributed by atoms with Gasteiger partial charge in [0.15, 0.2) is 0 Å². The molecular formula is C25H23FN2O3. The molecule has 4 rings (SSSR count). The van der Waals surface area contributed by atoms with Crippen LogP contribution in [-0.4, -0.2) is 25.0 Å². The molecule has 0 atom stereocenters. The van der Waals surface area contributed by atoms with Crippen LogP contribution in [-0.2, 0) is 6.42 Å². The average molecular weight is 418 g/mol. The fraction of sp³-hybridized carbons (Fsp3) is 0.200. The molecule has 0 fully saturated rings. The van der Waals surface area contributed by atoms with Crippen molar-refractivity contribution < 1.29 is 18.7 Å². The Balaban J connectivity index is 1.58. The van der Waals surface area contributed by atoms with Gasteiger partial charge in [0.05, 0.1) is 17.9 Å². The van der Waals surface area contributed by atoms with Gasteiger partial charge in [-0.25, -0.2) is 4.39 Å². The second-order valence-electron chi connectivity index (χ2n) is 7.27. The SMILES string of the molecule is CCOc1ccccc1NC(=O)c1ccc2c(c1)CCCN2C(=O)c1ccccc1F. The van der Waals surface area contributed by atoms with Gasteiger partial charge in [0.1, 0.15) is 11.6 Å². The van der Waals surface area contributed by atoms with Crippen molar-refractivity contribution in [3.8, 4) is 5.75 Å². The van der Waals surface area contributed by atoms with E-state index in [0.29, 0.717) is 35.8 Å². The number of anilines is 2. The fourth-order valence-electron chi connectivity index (χ4n) is 3.78. The van der Waals surface area contributed by atoms with Crippen molar-refractivity contribution in [2.24, 2.45) is 0 Å². The van der Waals surface area contributed by atoms with Gasteiger partial charge >= 0.3 is 0 Å². The Morgan fingerprint density at radius 2 is 1.84 bits per heavy atom. The maximum Gasteiger partial charge on any atom is 0.261 e. The zero-order valence-corrected chi connectivity index (χ0v) is 17.2. The number of hydrogen-bond acceptors (Lipinski definition) is 3. The van der Waals surface area contributed by atoms with Crippen LogP contribution in [0.2, 0.25) is 0 Å². The summed E-state index contributed by atoms with van der Waals surface area (Å²) >= 11 is 0. The van der Waals surface area contributed by atoms with E-state index in [-0.39, 0.29) is 17.4 Å². The molecule has 3 aromatic rings. The van der Waals surface area contributed by atoms with Gasteiger partial charge in [-0.2, -0.15) is 0 Å². The average Bonchev–Trinajstić information content (AvgIpc) is 2.79. The Labute approximate surface area is 180 Å². The summed E-state index contributed by atoms with van der Waals surface area (Å²) in [7, 11) is 0. The van der Waals surface area contributed by atoms with Crippen molar-refractivity contribution >= 4 is 23.2 Å². The van der Waals surface area contributed by atoms with Crippen LogP contribution < -0.4 is 15.0 Å². The lowest BCUT2D eigenvalue weighted by Gasteiger charge is -2.30. The molecule has 1 N–H and O–H groups in total. The molecule has 6 heteroatoms. The molecule has 1 aliphatic heterocycles. The number of ether oxygens (including phenoxy) is 1. The fourth-order valence-corrected chi connectivity index (χ4v) is 3.78. The van der Waals surface area contributed by atoms with Crippen LogP contribution in [0.5, 0.6) is 5.75 Å². The zero-order valence-electron chi connectivity index (χ0n) is 17.2. The van der Waals surface area contributed by atoms with E-state index in [1.807, 2.05) is 19.1 Å². The normalized spacial score (nSPS) is 12.8. The first-order valence-corrected chi connectivity index (χ1v) is 10.3. The van der Waals surface area contributed by atoms with Crippen molar-refractivity contribution in [1.29, 1.82) is 0 Å². The molecule has 0 radical (unpaired) electrons. The Bertz CT molecular complexity index is 1130. The van der Waals surface area contributed by atoms with Crippen LogP contribution in [0.15, 0.2) is 66.7 Å². The minimum atomic E-state index is -0.538. The van der Waals surface area contributed by atoms with E-state index < -0.39 is 5.82 Å². The highest BCUT2D eigenvalue weighted by molar-refractivity contribution is 6.08. The van der Waals surface area contributed by atoms with Crippen molar-refractivity contribution in [3.63, 3.8) is 0 Å². The molecule has 31 heavy (non-hydrogen) atoms. The number of para-hydroxylation sites is 2. The third kappa shape index (κ3) is 4.28. The standard InChI is InChI=1S/C25H23FN2O3/c1-2-31-23-12-6-5-11-21(23)27-24(29)18-13-14-22-17(16-18)8-7-15-28(22)25(30)19-9-3-4-10-20(19)26/h3-6,9-14,16H,2,7-8,15H2,1H3,(H,27,29). The van der Waals surface area contributed by atoms with Crippen molar-refractivity contribution in [2.45, 2.75) is 19.8 Å². The summed E-state index contributed by atoms with van der Waals surface area (Å²) in [5.74, 6) is -0.559. The monoisotopic (exact) mass is 418 g/mol. The first kappa shape index (κ1) is 20.6. The number of nitrogens with one attached hydrogen (secondary N) is 1. The minimum Gasteiger partial charge on any atom is -0.492 e. The molecule has 0 aromatic heterocycles. The molecule has 2 amide bonds. The molecule has 158 valence electrons. The topological polar surface area (TPSA) is 58.6 Å². The van der Waals surface area contributed by atoms with Gasteiger partial charge in [0.25, 0.3) is 11.8 Å². The molecule has 0 saturated heterocycles. The van der Waals surface area contributed by atoms with Crippen molar-refractivity contribution in [2.75, 3.05) is 23.4 Å². The van der Waals surface area contributed by atoms with Crippen LogP contribution in [0.25, 0.3) is 0 Å². The highest BCUT2D eigenvalue weighted by Crippen LogP contribution is 2.31. The molecule has 3 aromatic carbocycles. The largest absolute Gasteiger partial charge is 0.492 e. The lowest BCUT2D eigenvalue weighted by atomic mass is 9.98. The first-order chi connectivity index (χ1) is 15.1. The lowest BCUT2D eigenvalue weighted by molar-refractivity contribution is 0.0980. The summed E-state index contributed by atoms with van der Waals surface area (Å²) in [5.41, 5.74) is 2.74. The smallest absolute Gasteiger partial charge is 0.261 e. The number of amides is 2. The Morgan fingerprint density at radius 1 is 1.06 bits per heavy atom. The van der Waals surface area contributed by atoms with Crippen molar-refractivity contribution in [1.82, 2.24) is 0 Å². The molecule has 0 saturated carbocycles. The van der Waals surface area contributed by atoms with Gasteiger partial charge in [0, 0.05) is 17.8 Å². The number of aryl methyl sites for hydroxylation is 1. The molecule has 0 unspecified atom stereocenters. The number of halogens is 1. The predicted molar refractivity (Wildman–Crippen MR) is 118 cm³/mol. The molecule has 0 bridgehead atoms. The summed E-state index contributed by atoms with van der Waals surface area (Å²) in [5, 5.41) is 2.89. The van der Waals surface area contributed by atoms with Gasteiger partial charge in [-0.1, -0.05) is 24.3 Å². The quantitative estimate of drug-likeness (QED) is 0.629. The third-order valence-electron chi connectivity index (χ3n) is 5.24. The highest BCUT2D eigenvalue weighted by Gasteiger charge is 2.26. The van der Waals surface area contributed by atoms with Crippen LogP contribution in [0.1, 0.15) is 39.6 Å². The summed E-state index contributed by atoms with van der Waals surface area (Å²) in [6.07, 6.45) is 1.48. The Kier molecular flexibility index (Phi) is 5.98. The number of carbonyl (C=O) groups is 2. The second kappa shape index (κ2) is 9.00. The van der Waals surface area contributed by atoms with E-state index in [4.69, 9.17) is 4.74 Å². The van der Waals surface area contributed by atoms with Crippen LogP contribution in [0, 0.1) is 5.82 Å². The molecule has 0 aliphatic carbocycles. The number of fused-ring (bicyclic) bond motifs is 1. The first-order valence-electron chi connectivity index (χ1n) is 10.3. The van der Waals surface area contributed by atoms with Gasteiger partial charge in [-0.05, 0) is 67.8 Å². The summed E-state index contributed by atoms with van der Waals surface area (Å²) in [6, 6.07) is 18.5. The highest BCUT2D eigenvalue weighted by atomic mass is 19.1. The van der Waals surface area contributed by atoms with Gasteiger partial charge < -0.3 is 15.0 Å². The van der Waals surface area contributed by atoms with Gasteiger partial charge in [0.2, 0.25) is 0 Å². The zero-order chi connectivity index (χ0) is 21.8. The van der Waals surface area contributed by atoms with Crippen LogP contribution >= 0.6 is 0 Å². The minimum absolute atomic E-state index is 0.0460. The molecule has 5 nitrogen and oxygen atoms in total. The Hall–Kier alpha value is -3.67. The number of nitrogens with zero attached hydrogens (tertiary/aromatic N) is 1. The third-order valence-corrected chi connectivity index (χ3v) is 5.24. The van der Waals surface area contributed by atoms with Crippen LogP contribution in [0.3, 0.4) is 0 Å². The maximum atomic E-state index is 14.1. The molecular weight excluding hydrogens is 395 g/mol. The molecule has 1 aliphatic rings. The number of carbonyl (C=O) groups excluding carboxylic acids is 2. The van der Waals surface area contributed by atoms with E-state index in [2.05, 4.69) is 5.32 Å². The summed E-state index contributed by atoms with van der Waals surface area (Å²) in [4.78, 5) is 27.4. The second-order valence-corrected chi connectivity index (χ2v) is 7.27.